The van der Waals surface area contributed by atoms with Crippen molar-refractivity contribution in [2.45, 2.75) is 13.0 Å². The Morgan fingerprint density at radius 2 is 1.74 bits per heavy atom. The lowest BCUT2D eigenvalue weighted by atomic mass is 9.99. The van der Waals surface area contributed by atoms with Crippen LogP contribution in [-0.4, -0.2) is 20.6 Å². The molecule has 5 aromatic rings. The van der Waals surface area contributed by atoms with E-state index in [2.05, 4.69) is 4.98 Å². The molecule has 5 N–H and O–H groups in total. The molecule has 0 saturated heterocycles. The summed E-state index contributed by atoms with van der Waals surface area (Å²) in [4.78, 5) is 29.2. The van der Waals surface area contributed by atoms with Crippen LogP contribution < -0.4 is 17.0 Å². The number of nitrogens with two attached hydrogens (primary N) is 2. The normalized spacial score (nSPS) is 12.2. The van der Waals surface area contributed by atoms with Gasteiger partial charge in [-0.05, 0) is 53.8 Å². The van der Waals surface area contributed by atoms with Crippen LogP contribution in [0.2, 0.25) is 5.02 Å². The number of halogens is 1. The molecule has 3 aromatic carbocycles. The molecule has 0 saturated carbocycles. The molecule has 0 unspecified atom stereocenters. The lowest BCUT2D eigenvalue weighted by Gasteiger charge is -2.18. The molecule has 0 fully saturated rings. The van der Waals surface area contributed by atoms with Gasteiger partial charge in [0.25, 0.3) is 5.56 Å². The predicted octanol–water partition coefficient (Wildman–Crippen LogP) is 5.16. The first-order valence-corrected chi connectivity index (χ1v) is 11.3. The van der Waals surface area contributed by atoms with Crippen LogP contribution >= 0.6 is 11.6 Å². The highest BCUT2D eigenvalue weighted by atomic mass is 35.5. The maximum absolute atomic E-state index is 13.5. The number of aromatic carboxylic acids is 1. The fraction of sp³-hybridized carbons (Fsp3) is 0.0741. The largest absolute Gasteiger partial charge is 0.478 e. The van der Waals surface area contributed by atoms with Crippen molar-refractivity contribution in [3.05, 3.63) is 99.6 Å². The molecule has 174 valence electrons. The van der Waals surface area contributed by atoms with E-state index >= 15 is 0 Å². The number of hydrogen-bond donors (Lipinski definition) is 3. The molecule has 2 aromatic heterocycles. The molecule has 0 aliphatic rings. The number of aromatic nitrogens is 2. The topological polar surface area (TPSA) is 124 Å². The number of carboxylic acids is 1. The van der Waals surface area contributed by atoms with Crippen molar-refractivity contribution in [1.29, 1.82) is 0 Å². The minimum atomic E-state index is -1.13. The Hall–Kier alpha value is -4.20. The number of anilines is 1. The molecular weight excluding hydrogens is 464 g/mol. The van der Waals surface area contributed by atoms with Gasteiger partial charge in [0.05, 0.1) is 10.4 Å². The van der Waals surface area contributed by atoms with Gasteiger partial charge in [-0.15, -0.1) is 0 Å². The van der Waals surface area contributed by atoms with Crippen molar-refractivity contribution in [2.24, 2.45) is 5.73 Å². The minimum Gasteiger partial charge on any atom is -0.478 e. The highest BCUT2D eigenvalue weighted by Gasteiger charge is 2.17. The Balaban J connectivity index is 1.65. The van der Waals surface area contributed by atoms with Gasteiger partial charge in [-0.1, -0.05) is 48.0 Å². The van der Waals surface area contributed by atoms with E-state index in [1.54, 1.807) is 29.0 Å². The minimum absolute atomic E-state index is 0.0258. The van der Waals surface area contributed by atoms with Gasteiger partial charge >= 0.3 is 5.97 Å². The summed E-state index contributed by atoms with van der Waals surface area (Å²) in [6, 6.07) is 19.7. The molecule has 0 bridgehead atoms. The molecule has 8 heteroatoms. The second kappa shape index (κ2) is 8.54. The maximum atomic E-state index is 13.5. The van der Waals surface area contributed by atoms with Crippen LogP contribution in [0.1, 0.15) is 29.0 Å². The summed E-state index contributed by atoms with van der Waals surface area (Å²) in [5.74, 6) is -1.17. The molecular formula is C27H21ClN4O3. The molecule has 0 aliphatic carbocycles. The summed E-state index contributed by atoms with van der Waals surface area (Å²) in [6.07, 6.45) is 1.55. The molecule has 2 heterocycles. The smallest absolute Gasteiger partial charge is 0.340 e. The number of nitrogen functional groups attached to an aromatic ring is 1. The van der Waals surface area contributed by atoms with Crippen molar-refractivity contribution in [3.8, 4) is 16.8 Å². The third kappa shape index (κ3) is 3.80. The highest BCUT2D eigenvalue weighted by Crippen LogP contribution is 2.30. The number of fused-ring (bicyclic) bond motifs is 2. The average Bonchev–Trinajstić information content (AvgIpc) is 2.83. The van der Waals surface area contributed by atoms with Crippen LogP contribution in [0.3, 0.4) is 0 Å². The molecule has 7 nitrogen and oxygen atoms in total. The van der Waals surface area contributed by atoms with Gasteiger partial charge in [0, 0.05) is 34.4 Å². The monoisotopic (exact) mass is 484 g/mol. The van der Waals surface area contributed by atoms with E-state index in [1.807, 2.05) is 55.5 Å². The van der Waals surface area contributed by atoms with Crippen LogP contribution in [0.25, 0.3) is 38.4 Å². The van der Waals surface area contributed by atoms with E-state index in [0.717, 1.165) is 16.5 Å². The summed E-state index contributed by atoms with van der Waals surface area (Å²) in [5, 5.41) is 12.3. The quantitative estimate of drug-likeness (QED) is 0.323. The van der Waals surface area contributed by atoms with Crippen molar-refractivity contribution < 1.29 is 9.90 Å². The lowest BCUT2D eigenvalue weighted by Crippen LogP contribution is -2.25. The SMILES string of the molecule is C[C@H](N)c1cc2cccc(Cl)c2c(=O)n1-c1ccc(-c2ccc3cnc(N)c(C(=O)O)c3c2)cc1. The number of carbonyl (C=O) groups is 1. The number of nitrogens with zero attached hydrogens (tertiary/aromatic N) is 2. The number of pyridine rings is 2. The van der Waals surface area contributed by atoms with Gasteiger partial charge in [-0.25, -0.2) is 9.78 Å². The van der Waals surface area contributed by atoms with Crippen molar-refractivity contribution in [1.82, 2.24) is 9.55 Å². The first-order chi connectivity index (χ1) is 16.8. The van der Waals surface area contributed by atoms with Crippen LogP contribution in [0.5, 0.6) is 0 Å². The molecule has 0 spiro atoms. The Morgan fingerprint density at radius 1 is 1.03 bits per heavy atom. The number of carboxylic acid groups (broad SMARTS) is 1. The number of benzene rings is 3. The highest BCUT2D eigenvalue weighted by molar-refractivity contribution is 6.35. The summed E-state index contributed by atoms with van der Waals surface area (Å²) in [6.45, 7) is 1.83. The Kier molecular flexibility index (Phi) is 5.51. The van der Waals surface area contributed by atoms with Crippen molar-refractivity contribution >= 4 is 44.9 Å². The van der Waals surface area contributed by atoms with Gasteiger partial charge in [-0.3, -0.25) is 9.36 Å². The Bertz CT molecular complexity index is 1690. The molecule has 35 heavy (non-hydrogen) atoms. The second-order valence-electron chi connectivity index (χ2n) is 8.37. The maximum Gasteiger partial charge on any atom is 0.340 e. The third-order valence-electron chi connectivity index (χ3n) is 6.09. The van der Waals surface area contributed by atoms with E-state index in [1.165, 1.54) is 0 Å². The third-order valence-corrected chi connectivity index (χ3v) is 6.40. The Morgan fingerprint density at radius 3 is 2.43 bits per heavy atom. The summed E-state index contributed by atoms with van der Waals surface area (Å²) in [5.41, 5.74) is 14.7. The number of hydrogen-bond acceptors (Lipinski definition) is 5. The Labute approximate surface area is 205 Å². The molecule has 1 atom stereocenters. The zero-order valence-electron chi connectivity index (χ0n) is 18.7. The molecule has 0 aliphatic heterocycles. The van der Waals surface area contributed by atoms with Gasteiger partial charge in [0.1, 0.15) is 11.4 Å². The number of rotatable bonds is 4. The van der Waals surface area contributed by atoms with Crippen LogP contribution in [0, 0.1) is 0 Å². The summed E-state index contributed by atoms with van der Waals surface area (Å²) >= 11 is 6.35. The fourth-order valence-electron chi connectivity index (χ4n) is 4.38. The van der Waals surface area contributed by atoms with Crippen molar-refractivity contribution in [3.63, 3.8) is 0 Å². The molecule has 0 radical (unpaired) electrons. The molecule has 0 amide bonds. The zero-order valence-corrected chi connectivity index (χ0v) is 19.5. The average molecular weight is 485 g/mol. The second-order valence-corrected chi connectivity index (χ2v) is 8.78. The zero-order chi connectivity index (χ0) is 24.9. The fourth-order valence-corrected chi connectivity index (χ4v) is 4.64. The van der Waals surface area contributed by atoms with Gasteiger partial charge < -0.3 is 16.6 Å². The van der Waals surface area contributed by atoms with Gasteiger partial charge in [0.2, 0.25) is 0 Å². The lowest BCUT2D eigenvalue weighted by molar-refractivity contribution is 0.0700. The first kappa shape index (κ1) is 22.6. The van der Waals surface area contributed by atoms with E-state index in [9.17, 15) is 14.7 Å². The van der Waals surface area contributed by atoms with E-state index < -0.39 is 5.97 Å². The van der Waals surface area contributed by atoms with Gasteiger partial charge in [-0.2, -0.15) is 0 Å². The van der Waals surface area contributed by atoms with E-state index in [-0.39, 0.29) is 23.0 Å². The first-order valence-electron chi connectivity index (χ1n) is 10.9. The van der Waals surface area contributed by atoms with Crippen molar-refractivity contribution in [2.75, 3.05) is 5.73 Å². The molecule has 5 rings (SSSR count). The van der Waals surface area contributed by atoms with Crippen LogP contribution in [0.4, 0.5) is 5.82 Å². The standard InChI is InChI=1S/C27H21ClN4O3/c1-14(29)22-12-17-3-2-4-21(28)23(17)26(33)32(22)19-9-7-15(8-10-19)16-5-6-18-13-31-25(30)24(27(34)35)20(18)11-16/h2-14H,29H2,1H3,(H2,30,31)(H,34,35)/t14-/m0/s1. The van der Waals surface area contributed by atoms with E-state index in [4.69, 9.17) is 23.1 Å². The van der Waals surface area contributed by atoms with E-state index in [0.29, 0.717) is 32.6 Å². The summed E-state index contributed by atoms with van der Waals surface area (Å²) < 4.78 is 1.58. The predicted molar refractivity (Wildman–Crippen MR) is 139 cm³/mol. The van der Waals surface area contributed by atoms with Crippen LogP contribution in [-0.2, 0) is 0 Å². The summed E-state index contributed by atoms with van der Waals surface area (Å²) in [7, 11) is 0. The van der Waals surface area contributed by atoms with Crippen LogP contribution in [0.15, 0.2) is 77.7 Å². The van der Waals surface area contributed by atoms with Gasteiger partial charge in [0.15, 0.2) is 0 Å².